The maximum Gasteiger partial charge on any atom is 0.222 e. The highest BCUT2D eigenvalue weighted by Gasteiger charge is 2.28. The molecule has 0 saturated carbocycles. The van der Waals surface area contributed by atoms with Crippen LogP contribution in [0.2, 0.25) is 0 Å². The lowest BCUT2D eigenvalue weighted by Gasteiger charge is -2.18. The fraction of sp³-hybridized carbons (Fsp3) is 0.882. The predicted octanol–water partition coefficient (Wildman–Crippen LogP) is 1.68. The highest BCUT2D eigenvalue weighted by Crippen LogP contribution is 2.11. The third kappa shape index (κ3) is 10.5. The third-order valence-corrected chi connectivity index (χ3v) is 6.34. The first-order chi connectivity index (χ1) is 11.9. The van der Waals surface area contributed by atoms with Crippen molar-refractivity contribution >= 4 is 45.7 Å². The van der Waals surface area contributed by atoms with E-state index >= 15 is 0 Å². The van der Waals surface area contributed by atoms with E-state index in [1.165, 1.54) is 19.3 Å². The molecule has 1 fully saturated rings. The molecule has 9 heteroatoms. The monoisotopic (exact) mass is 502 g/mol. The molecule has 0 spiro atoms. The smallest absolute Gasteiger partial charge is 0.222 e. The van der Waals surface area contributed by atoms with Gasteiger partial charge in [0.15, 0.2) is 15.8 Å². The lowest BCUT2D eigenvalue weighted by molar-refractivity contribution is -0.121. The predicted molar refractivity (Wildman–Crippen MR) is 118 cm³/mol. The number of aliphatic imine (C=N–C) groups is 1. The van der Waals surface area contributed by atoms with Gasteiger partial charge in [-0.1, -0.05) is 33.1 Å². The van der Waals surface area contributed by atoms with Crippen molar-refractivity contribution in [1.29, 1.82) is 0 Å². The normalized spacial score (nSPS) is 20.1. The van der Waals surface area contributed by atoms with Crippen molar-refractivity contribution in [3.63, 3.8) is 0 Å². The van der Waals surface area contributed by atoms with Gasteiger partial charge in [0.25, 0.3) is 0 Å². The molecule has 1 heterocycles. The molecule has 0 radical (unpaired) electrons. The van der Waals surface area contributed by atoms with Gasteiger partial charge in [-0.05, 0) is 18.8 Å². The van der Waals surface area contributed by atoms with Gasteiger partial charge < -0.3 is 16.0 Å². The summed E-state index contributed by atoms with van der Waals surface area (Å²) >= 11 is 0. The first-order valence-electron chi connectivity index (χ1n) is 9.34. The SMILES string of the molecule is CCCCC(CC)CNC(=NC)NCCC(=O)NC1CCS(=O)(=O)C1.I. The Labute approximate surface area is 175 Å². The molecule has 0 aromatic heterocycles. The van der Waals surface area contributed by atoms with Crippen molar-refractivity contribution in [2.24, 2.45) is 10.9 Å². The largest absolute Gasteiger partial charge is 0.356 e. The minimum absolute atomic E-state index is 0. The summed E-state index contributed by atoms with van der Waals surface area (Å²) < 4.78 is 22.8. The lowest BCUT2D eigenvalue weighted by Crippen LogP contribution is -2.42. The Morgan fingerprint density at radius 2 is 2.00 bits per heavy atom. The highest BCUT2D eigenvalue weighted by molar-refractivity contribution is 14.0. The highest BCUT2D eigenvalue weighted by atomic mass is 127. The van der Waals surface area contributed by atoms with Crippen LogP contribution < -0.4 is 16.0 Å². The molecule has 1 aliphatic rings. The molecule has 7 nitrogen and oxygen atoms in total. The fourth-order valence-corrected chi connectivity index (χ4v) is 4.58. The summed E-state index contributed by atoms with van der Waals surface area (Å²) in [5.74, 6) is 1.44. The van der Waals surface area contributed by atoms with E-state index in [0.29, 0.717) is 31.3 Å². The van der Waals surface area contributed by atoms with E-state index in [0.717, 1.165) is 13.0 Å². The van der Waals surface area contributed by atoms with Crippen LogP contribution in [0.15, 0.2) is 4.99 Å². The maximum absolute atomic E-state index is 11.9. The number of nitrogens with zero attached hydrogens (tertiary/aromatic N) is 1. The number of guanidine groups is 1. The average Bonchev–Trinajstić information content (AvgIpc) is 2.91. The summed E-state index contributed by atoms with van der Waals surface area (Å²) in [4.78, 5) is 16.1. The number of carbonyl (C=O) groups is 1. The van der Waals surface area contributed by atoms with E-state index in [-0.39, 0.29) is 47.4 Å². The Morgan fingerprint density at radius 1 is 1.27 bits per heavy atom. The Morgan fingerprint density at radius 3 is 2.54 bits per heavy atom. The molecule has 0 aromatic rings. The van der Waals surface area contributed by atoms with Crippen molar-refractivity contribution in [2.45, 2.75) is 58.4 Å². The first kappa shape index (κ1) is 25.4. The van der Waals surface area contributed by atoms with E-state index in [1.807, 2.05) is 0 Å². The van der Waals surface area contributed by atoms with E-state index < -0.39 is 9.84 Å². The number of amides is 1. The van der Waals surface area contributed by atoms with Crippen LogP contribution in [0.5, 0.6) is 0 Å². The van der Waals surface area contributed by atoms with Crippen LogP contribution in [0.1, 0.15) is 52.4 Å². The number of halogens is 1. The van der Waals surface area contributed by atoms with Crippen LogP contribution in [0.3, 0.4) is 0 Å². The van der Waals surface area contributed by atoms with Gasteiger partial charge in [-0.25, -0.2) is 8.42 Å². The topological polar surface area (TPSA) is 99.7 Å². The van der Waals surface area contributed by atoms with Crippen LogP contribution in [0.25, 0.3) is 0 Å². The molecule has 26 heavy (non-hydrogen) atoms. The van der Waals surface area contributed by atoms with E-state index in [1.54, 1.807) is 7.05 Å². The fourth-order valence-electron chi connectivity index (χ4n) is 2.91. The summed E-state index contributed by atoms with van der Waals surface area (Å²) in [5.41, 5.74) is 0. The molecule has 0 aliphatic carbocycles. The molecule has 0 aromatic carbocycles. The number of unbranched alkanes of at least 4 members (excludes halogenated alkanes) is 1. The molecule has 154 valence electrons. The van der Waals surface area contributed by atoms with Gasteiger partial charge >= 0.3 is 0 Å². The van der Waals surface area contributed by atoms with Crippen molar-refractivity contribution in [3.8, 4) is 0 Å². The van der Waals surface area contributed by atoms with Crippen LogP contribution in [0, 0.1) is 5.92 Å². The average molecular weight is 502 g/mol. The second-order valence-corrected chi connectivity index (χ2v) is 8.94. The van der Waals surface area contributed by atoms with Crippen molar-refractivity contribution in [2.75, 3.05) is 31.6 Å². The summed E-state index contributed by atoms with van der Waals surface area (Å²) in [5, 5.41) is 9.24. The summed E-state index contributed by atoms with van der Waals surface area (Å²) in [6, 6.07) is -0.237. The van der Waals surface area contributed by atoms with Crippen LogP contribution >= 0.6 is 24.0 Å². The van der Waals surface area contributed by atoms with Crippen molar-refractivity contribution in [1.82, 2.24) is 16.0 Å². The van der Waals surface area contributed by atoms with E-state index in [2.05, 4.69) is 34.8 Å². The van der Waals surface area contributed by atoms with Gasteiger partial charge in [0.05, 0.1) is 11.5 Å². The molecule has 3 N–H and O–H groups in total. The molecule has 1 rings (SSSR count). The summed E-state index contributed by atoms with van der Waals surface area (Å²) in [6.45, 7) is 5.75. The maximum atomic E-state index is 11.9. The minimum atomic E-state index is -2.96. The number of carbonyl (C=O) groups excluding carboxylic acids is 1. The number of sulfone groups is 1. The second-order valence-electron chi connectivity index (χ2n) is 6.71. The molecule has 1 amide bonds. The van der Waals surface area contributed by atoms with Crippen molar-refractivity contribution < 1.29 is 13.2 Å². The Bertz CT molecular complexity index is 540. The summed E-state index contributed by atoms with van der Waals surface area (Å²) in [6.07, 6.45) is 5.61. The van der Waals surface area contributed by atoms with E-state index in [9.17, 15) is 13.2 Å². The van der Waals surface area contributed by atoms with Crippen molar-refractivity contribution in [3.05, 3.63) is 0 Å². The molecule has 2 atom stereocenters. The summed E-state index contributed by atoms with van der Waals surface area (Å²) in [7, 11) is -1.25. The molecular formula is C17H35IN4O3S. The zero-order valence-electron chi connectivity index (χ0n) is 16.2. The van der Waals surface area contributed by atoms with Gasteiger partial charge in [0.1, 0.15) is 0 Å². The Kier molecular flexibility index (Phi) is 13.3. The zero-order chi connectivity index (χ0) is 18.7. The first-order valence-corrected chi connectivity index (χ1v) is 11.2. The van der Waals surface area contributed by atoms with Gasteiger partial charge in [-0.3, -0.25) is 9.79 Å². The third-order valence-electron chi connectivity index (χ3n) is 4.57. The number of hydrogen-bond donors (Lipinski definition) is 3. The number of rotatable bonds is 10. The molecule has 0 bridgehead atoms. The van der Waals surface area contributed by atoms with Gasteiger partial charge in [0.2, 0.25) is 5.91 Å². The Hall–Kier alpha value is -0.580. The number of hydrogen-bond acceptors (Lipinski definition) is 4. The van der Waals surface area contributed by atoms with Crippen LogP contribution in [-0.4, -0.2) is 58.0 Å². The Balaban J connectivity index is 0.00000625. The van der Waals surface area contributed by atoms with Gasteiger partial charge in [-0.2, -0.15) is 0 Å². The lowest BCUT2D eigenvalue weighted by atomic mass is 9.99. The molecule has 1 aliphatic heterocycles. The minimum Gasteiger partial charge on any atom is -0.356 e. The van der Waals surface area contributed by atoms with Crippen LogP contribution in [-0.2, 0) is 14.6 Å². The zero-order valence-corrected chi connectivity index (χ0v) is 19.4. The molecular weight excluding hydrogens is 467 g/mol. The molecule has 2 unspecified atom stereocenters. The van der Waals surface area contributed by atoms with E-state index in [4.69, 9.17) is 0 Å². The van der Waals surface area contributed by atoms with Gasteiger partial charge in [-0.15, -0.1) is 24.0 Å². The standard InChI is InChI=1S/C17H34N4O3S.HI/c1-4-6-7-14(5-2)12-20-17(18-3)19-10-8-16(22)21-15-9-11-25(23,24)13-15;/h14-15H,4-13H2,1-3H3,(H,21,22)(H2,18,19,20);1H. The number of nitrogens with one attached hydrogen (secondary N) is 3. The second kappa shape index (κ2) is 13.6. The van der Waals surface area contributed by atoms with Gasteiger partial charge in [0, 0.05) is 32.6 Å². The molecule has 1 saturated heterocycles. The quantitative estimate of drug-likeness (QED) is 0.240. The van der Waals surface area contributed by atoms with Crippen LogP contribution in [0.4, 0.5) is 0 Å².